The normalized spacial score (nSPS) is 13.8. The number of amides is 3. The number of anilines is 1. The van der Waals surface area contributed by atoms with Gasteiger partial charge in [-0.25, -0.2) is 4.98 Å². The van der Waals surface area contributed by atoms with Crippen LogP contribution in [0.3, 0.4) is 0 Å². The molecule has 5 rings (SSSR count). The number of aromatic nitrogens is 1. The second-order valence-electron chi connectivity index (χ2n) is 7.62. The average Bonchev–Trinajstić information content (AvgIpc) is 3.37. The summed E-state index contributed by atoms with van der Waals surface area (Å²) in [7, 11) is 1.59. The lowest BCUT2D eigenvalue weighted by Gasteiger charge is -2.21. The molecule has 0 fully saturated rings. The third-order valence-corrected chi connectivity index (χ3v) is 5.56. The van der Waals surface area contributed by atoms with Crippen LogP contribution < -0.4 is 10.1 Å². The smallest absolute Gasteiger partial charge is 0.262 e. The van der Waals surface area contributed by atoms with Crippen LogP contribution in [0.5, 0.6) is 5.75 Å². The van der Waals surface area contributed by atoms with Crippen molar-refractivity contribution in [1.29, 1.82) is 0 Å². The van der Waals surface area contributed by atoms with Crippen LogP contribution in [0, 0.1) is 0 Å². The number of nitrogens with zero attached hydrogens (tertiary/aromatic N) is 2. The number of carbonyl (C=O) groups excluding carboxylic acids is 3. The monoisotopic (exact) mass is 441 g/mol. The van der Waals surface area contributed by atoms with E-state index in [1.165, 1.54) is 6.92 Å². The molecule has 0 spiro atoms. The van der Waals surface area contributed by atoms with Gasteiger partial charge >= 0.3 is 0 Å². The predicted molar refractivity (Wildman–Crippen MR) is 121 cm³/mol. The summed E-state index contributed by atoms with van der Waals surface area (Å²) in [5, 5.41) is 2.75. The largest absolute Gasteiger partial charge is 0.497 e. The van der Waals surface area contributed by atoms with Crippen LogP contribution >= 0.6 is 0 Å². The highest BCUT2D eigenvalue weighted by molar-refractivity contribution is 6.23. The number of carbonyl (C=O) groups is 3. The first-order valence-electron chi connectivity index (χ1n) is 10.3. The van der Waals surface area contributed by atoms with Crippen LogP contribution in [0.4, 0.5) is 5.69 Å². The van der Waals surface area contributed by atoms with E-state index in [-0.39, 0.29) is 0 Å². The minimum Gasteiger partial charge on any atom is -0.497 e. The summed E-state index contributed by atoms with van der Waals surface area (Å²) in [4.78, 5) is 43.6. The predicted octanol–water partition coefficient (Wildman–Crippen LogP) is 4.13. The summed E-state index contributed by atoms with van der Waals surface area (Å²) in [6, 6.07) is 18.0. The lowest BCUT2D eigenvalue weighted by molar-refractivity contribution is -0.119. The maximum atomic E-state index is 12.9. The molecule has 164 valence electrons. The number of imide groups is 1. The van der Waals surface area contributed by atoms with Crippen LogP contribution in [0.15, 0.2) is 71.1 Å². The highest BCUT2D eigenvalue weighted by Gasteiger charge is 2.40. The van der Waals surface area contributed by atoms with E-state index in [2.05, 4.69) is 10.3 Å². The SMILES string of the molecule is COc1cccc(-c2nc3ccc(NC(=O)C(C)N4C(=O)c5ccccc5C4=O)cc3o2)c1. The minimum atomic E-state index is -0.991. The van der Waals surface area contributed by atoms with Gasteiger partial charge in [0.2, 0.25) is 11.8 Å². The standard InChI is InChI=1S/C25H19N3O5/c1-14(28-24(30)18-8-3-4-9-19(18)25(28)31)22(29)26-16-10-11-20-21(13-16)33-23(27-20)15-6-5-7-17(12-15)32-2/h3-14H,1-2H3,(H,26,29). The minimum absolute atomic E-state index is 0.301. The van der Waals surface area contributed by atoms with Crippen LogP contribution in [0.1, 0.15) is 27.6 Å². The first kappa shape index (κ1) is 20.4. The molecule has 3 amide bonds. The molecular weight excluding hydrogens is 422 g/mol. The number of hydrogen-bond donors (Lipinski definition) is 1. The molecule has 1 N–H and O–H groups in total. The van der Waals surface area contributed by atoms with Gasteiger partial charge in [-0.2, -0.15) is 0 Å². The van der Waals surface area contributed by atoms with E-state index in [4.69, 9.17) is 9.15 Å². The highest BCUT2D eigenvalue weighted by Crippen LogP contribution is 2.29. The molecule has 0 saturated heterocycles. The van der Waals surface area contributed by atoms with Crippen molar-refractivity contribution in [2.75, 3.05) is 12.4 Å². The van der Waals surface area contributed by atoms with Crippen molar-refractivity contribution in [3.8, 4) is 17.2 Å². The number of methoxy groups -OCH3 is 1. The van der Waals surface area contributed by atoms with Gasteiger partial charge in [-0.15, -0.1) is 0 Å². The third-order valence-electron chi connectivity index (χ3n) is 5.56. The molecule has 1 unspecified atom stereocenters. The molecule has 33 heavy (non-hydrogen) atoms. The average molecular weight is 441 g/mol. The molecule has 8 nitrogen and oxygen atoms in total. The fraction of sp³-hybridized carbons (Fsp3) is 0.120. The quantitative estimate of drug-likeness (QED) is 0.468. The van der Waals surface area contributed by atoms with E-state index >= 15 is 0 Å². The Morgan fingerprint density at radius 3 is 2.42 bits per heavy atom. The zero-order valence-electron chi connectivity index (χ0n) is 17.9. The fourth-order valence-corrected chi connectivity index (χ4v) is 3.81. The molecule has 1 aliphatic rings. The van der Waals surface area contributed by atoms with Gasteiger partial charge in [-0.1, -0.05) is 18.2 Å². The molecule has 2 heterocycles. The number of oxazole rings is 1. The highest BCUT2D eigenvalue weighted by atomic mass is 16.5. The summed E-state index contributed by atoms with van der Waals surface area (Å²) in [5.74, 6) is -0.341. The van der Waals surface area contributed by atoms with E-state index < -0.39 is 23.8 Å². The molecule has 0 aliphatic carbocycles. The van der Waals surface area contributed by atoms with Crippen molar-refractivity contribution in [1.82, 2.24) is 9.88 Å². The number of rotatable bonds is 5. The van der Waals surface area contributed by atoms with Crippen molar-refractivity contribution in [2.24, 2.45) is 0 Å². The van der Waals surface area contributed by atoms with Crippen molar-refractivity contribution in [2.45, 2.75) is 13.0 Å². The van der Waals surface area contributed by atoms with Gasteiger partial charge in [0.25, 0.3) is 11.8 Å². The number of benzene rings is 3. The van der Waals surface area contributed by atoms with Gasteiger partial charge < -0.3 is 14.5 Å². The van der Waals surface area contributed by atoms with Gasteiger partial charge in [-0.05, 0) is 49.4 Å². The number of ether oxygens (including phenoxy) is 1. The topological polar surface area (TPSA) is 102 Å². The lowest BCUT2D eigenvalue weighted by Crippen LogP contribution is -2.45. The molecular formula is C25H19N3O5. The van der Waals surface area contributed by atoms with Crippen LogP contribution in [0.25, 0.3) is 22.6 Å². The second kappa shape index (κ2) is 7.90. The van der Waals surface area contributed by atoms with Gasteiger partial charge in [0, 0.05) is 17.3 Å². The maximum absolute atomic E-state index is 12.9. The lowest BCUT2D eigenvalue weighted by atomic mass is 10.1. The van der Waals surface area contributed by atoms with Gasteiger partial charge in [0.15, 0.2) is 5.58 Å². The number of fused-ring (bicyclic) bond motifs is 2. The Morgan fingerprint density at radius 2 is 1.73 bits per heavy atom. The van der Waals surface area contributed by atoms with E-state index in [1.54, 1.807) is 49.6 Å². The first-order chi connectivity index (χ1) is 16.0. The Bertz CT molecular complexity index is 1390. The molecule has 0 bridgehead atoms. The maximum Gasteiger partial charge on any atom is 0.262 e. The molecule has 1 aliphatic heterocycles. The molecule has 8 heteroatoms. The van der Waals surface area contributed by atoms with Crippen LogP contribution in [-0.4, -0.2) is 40.8 Å². The van der Waals surface area contributed by atoms with Gasteiger partial charge in [0.05, 0.1) is 18.2 Å². The van der Waals surface area contributed by atoms with E-state index in [0.717, 1.165) is 10.5 Å². The summed E-state index contributed by atoms with van der Waals surface area (Å²) in [6.07, 6.45) is 0. The van der Waals surface area contributed by atoms with Crippen molar-refractivity contribution in [3.63, 3.8) is 0 Å². The van der Waals surface area contributed by atoms with Gasteiger partial charge in [-0.3, -0.25) is 19.3 Å². The van der Waals surface area contributed by atoms with Crippen LogP contribution in [-0.2, 0) is 4.79 Å². The molecule has 0 saturated carbocycles. The van der Waals surface area contributed by atoms with Gasteiger partial charge in [0.1, 0.15) is 17.3 Å². The fourth-order valence-electron chi connectivity index (χ4n) is 3.81. The second-order valence-corrected chi connectivity index (χ2v) is 7.62. The first-order valence-corrected chi connectivity index (χ1v) is 10.3. The van der Waals surface area contributed by atoms with Crippen molar-refractivity contribution >= 4 is 34.5 Å². The summed E-state index contributed by atoms with van der Waals surface area (Å²) in [5.41, 5.74) is 2.93. The summed E-state index contributed by atoms with van der Waals surface area (Å²) < 4.78 is 11.1. The Labute approximate surface area is 188 Å². The third kappa shape index (κ3) is 3.51. The Hall–Kier alpha value is -4.46. The zero-order chi connectivity index (χ0) is 23.1. The zero-order valence-corrected chi connectivity index (χ0v) is 17.9. The number of hydrogen-bond acceptors (Lipinski definition) is 6. The molecule has 0 radical (unpaired) electrons. The number of nitrogens with one attached hydrogen (secondary N) is 1. The van der Waals surface area contributed by atoms with E-state index in [9.17, 15) is 14.4 Å². The summed E-state index contributed by atoms with van der Waals surface area (Å²) in [6.45, 7) is 1.52. The summed E-state index contributed by atoms with van der Waals surface area (Å²) >= 11 is 0. The Kier molecular flexibility index (Phi) is 4.90. The molecule has 1 aromatic heterocycles. The van der Waals surface area contributed by atoms with Crippen molar-refractivity contribution in [3.05, 3.63) is 77.9 Å². The molecule has 4 aromatic rings. The molecule has 1 atom stereocenters. The van der Waals surface area contributed by atoms with Crippen molar-refractivity contribution < 1.29 is 23.5 Å². The Balaban J connectivity index is 1.36. The molecule has 3 aromatic carbocycles. The van der Waals surface area contributed by atoms with E-state index in [0.29, 0.717) is 39.6 Å². The van der Waals surface area contributed by atoms with Crippen LogP contribution in [0.2, 0.25) is 0 Å². The Morgan fingerprint density at radius 1 is 1.00 bits per heavy atom. The van der Waals surface area contributed by atoms with E-state index in [1.807, 2.05) is 24.3 Å².